The van der Waals surface area contributed by atoms with E-state index in [1.807, 2.05) is 6.92 Å². The van der Waals surface area contributed by atoms with Gasteiger partial charge in [-0.05, 0) is 38.0 Å². The van der Waals surface area contributed by atoms with Gasteiger partial charge in [-0.2, -0.15) is 0 Å². The summed E-state index contributed by atoms with van der Waals surface area (Å²) in [5.74, 6) is -0.618. The fourth-order valence-electron chi connectivity index (χ4n) is 1.53. The Kier molecular flexibility index (Phi) is 3.08. The standard InChI is InChI=1S/C12H15FN2O/c1-2-14-12(16)10-7-8(13)3-6-11(10)15-9-4-5-9/h3,6-7,9,15H,2,4-5H2,1H3,(H,14,16). The summed E-state index contributed by atoms with van der Waals surface area (Å²) >= 11 is 0. The molecule has 2 rings (SSSR count). The molecule has 0 radical (unpaired) electrons. The van der Waals surface area contributed by atoms with Crippen molar-refractivity contribution in [2.24, 2.45) is 0 Å². The van der Waals surface area contributed by atoms with E-state index in [0.717, 1.165) is 18.5 Å². The van der Waals surface area contributed by atoms with E-state index in [1.165, 1.54) is 12.1 Å². The fraction of sp³-hybridized carbons (Fsp3) is 0.417. The van der Waals surface area contributed by atoms with Crippen LogP contribution in [-0.2, 0) is 0 Å². The molecule has 4 heteroatoms. The van der Waals surface area contributed by atoms with Crippen molar-refractivity contribution in [3.8, 4) is 0 Å². The highest BCUT2D eigenvalue weighted by atomic mass is 19.1. The first-order valence-electron chi connectivity index (χ1n) is 5.55. The van der Waals surface area contributed by atoms with Gasteiger partial charge < -0.3 is 10.6 Å². The molecule has 0 bridgehead atoms. The van der Waals surface area contributed by atoms with Crippen LogP contribution in [0.3, 0.4) is 0 Å². The van der Waals surface area contributed by atoms with Crippen molar-refractivity contribution in [3.05, 3.63) is 29.6 Å². The van der Waals surface area contributed by atoms with Gasteiger partial charge in [-0.15, -0.1) is 0 Å². The lowest BCUT2D eigenvalue weighted by Crippen LogP contribution is -2.24. The molecule has 1 aliphatic carbocycles. The van der Waals surface area contributed by atoms with Crippen LogP contribution >= 0.6 is 0 Å². The van der Waals surface area contributed by atoms with Crippen LogP contribution in [0.2, 0.25) is 0 Å². The van der Waals surface area contributed by atoms with E-state index in [9.17, 15) is 9.18 Å². The summed E-state index contributed by atoms with van der Waals surface area (Å²) in [5.41, 5.74) is 1.10. The predicted molar refractivity (Wildman–Crippen MR) is 61.1 cm³/mol. The first kappa shape index (κ1) is 10.9. The summed E-state index contributed by atoms with van der Waals surface area (Å²) in [4.78, 5) is 11.7. The SMILES string of the molecule is CCNC(=O)c1cc(F)ccc1NC1CC1. The van der Waals surface area contributed by atoms with E-state index >= 15 is 0 Å². The van der Waals surface area contributed by atoms with Crippen molar-refractivity contribution in [2.45, 2.75) is 25.8 Å². The van der Waals surface area contributed by atoms with Gasteiger partial charge in [-0.25, -0.2) is 4.39 Å². The molecule has 0 atom stereocenters. The number of hydrogen-bond acceptors (Lipinski definition) is 2. The molecule has 0 heterocycles. The zero-order chi connectivity index (χ0) is 11.5. The number of nitrogens with one attached hydrogen (secondary N) is 2. The third-order valence-electron chi connectivity index (χ3n) is 2.50. The lowest BCUT2D eigenvalue weighted by atomic mass is 10.1. The highest BCUT2D eigenvalue weighted by Crippen LogP contribution is 2.27. The molecule has 1 amide bonds. The summed E-state index contributed by atoms with van der Waals surface area (Å²) < 4.78 is 13.1. The smallest absolute Gasteiger partial charge is 0.253 e. The van der Waals surface area contributed by atoms with Crippen LogP contribution in [0.5, 0.6) is 0 Å². The number of anilines is 1. The second kappa shape index (κ2) is 4.51. The monoisotopic (exact) mass is 222 g/mol. The van der Waals surface area contributed by atoms with E-state index in [-0.39, 0.29) is 11.7 Å². The molecule has 2 N–H and O–H groups in total. The van der Waals surface area contributed by atoms with E-state index in [1.54, 1.807) is 6.07 Å². The average Bonchev–Trinajstić information content (AvgIpc) is 3.05. The predicted octanol–water partition coefficient (Wildman–Crippen LogP) is 2.15. The first-order valence-corrected chi connectivity index (χ1v) is 5.55. The van der Waals surface area contributed by atoms with Crippen molar-refractivity contribution in [1.29, 1.82) is 0 Å². The molecule has 1 fully saturated rings. The van der Waals surface area contributed by atoms with Gasteiger partial charge in [0.2, 0.25) is 0 Å². The average molecular weight is 222 g/mol. The molecule has 0 aromatic heterocycles. The van der Waals surface area contributed by atoms with Crippen LogP contribution in [0.1, 0.15) is 30.1 Å². The number of benzene rings is 1. The van der Waals surface area contributed by atoms with Gasteiger partial charge >= 0.3 is 0 Å². The summed E-state index contributed by atoms with van der Waals surface area (Å²) in [5, 5.41) is 5.90. The maximum atomic E-state index is 13.1. The lowest BCUT2D eigenvalue weighted by molar-refractivity contribution is 0.0956. The second-order valence-electron chi connectivity index (χ2n) is 3.97. The fourth-order valence-corrected chi connectivity index (χ4v) is 1.53. The van der Waals surface area contributed by atoms with Gasteiger partial charge in [-0.1, -0.05) is 0 Å². The summed E-state index contributed by atoms with van der Waals surface area (Å²) in [6.45, 7) is 2.38. The quantitative estimate of drug-likeness (QED) is 0.819. The van der Waals surface area contributed by atoms with Crippen LogP contribution < -0.4 is 10.6 Å². The van der Waals surface area contributed by atoms with Crippen LogP contribution in [0.15, 0.2) is 18.2 Å². The zero-order valence-corrected chi connectivity index (χ0v) is 9.22. The Balaban J connectivity index is 2.23. The van der Waals surface area contributed by atoms with Gasteiger partial charge in [0.1, 0.15) is 5.82 Å². The third kappa shape index (κ3) is 2.51. The van der Waals surface area contributed by atoms with Gasteiger partial charge in [-0.3, -0.25) is 4.79 Å². The molecule has 86 valence electrons. The molecule has 0 aliphatic heterocycles. The van der Waals surface area contributed by atoms with E-state index in [0.29, 0.717) is 18.2 Å². The van der Waals surface area contributed by atoms with Crippen LogP contribution in [0, 0.1) is 5.82 Å². The highest BCUT2D eigenvalue weighted by Gasteiger charge is 2.23. The van der Waals surface area contributed by atoms with Gasteiger partial charge in [0.25, 0.3) is 5.91 Å². The molecular formula is C12H15FN2O. The van der Waals surface area contributed by atoms with Crippen molar-refractivity contribution in [3.63, 3.8) is 0 Å². The molecule has 1 aliphatic rings. The van der Waals surface area contributed by atoms with E-state index in [2.05, 4.69) is 10.6 Å². The Labute approximate surface area is 94.0 Å². The number of rotatable bonds is 4. The third-order valence-corrected chi connectivity index (χ3v) is 2.50. The molecule has 0 spiro atoms. The zero-order valence-electron chi connectivity index (χ0n) is 9.22. The topological polar surface area (TPSA) is 41.1 Å². The molecule has 0 unspecified atom stereocenters. The molecule has 0 saturated heterocycles. The number of amides is 1. The van der Waals surface area contributed by atoms with E-state index < -0.39 is 0 Å². The maximum absolute atomic E-state index is 13.1. The minimum Gasteiger partial charge on any atom is -0.382 e. The Morgan fingerprint density at radius 1 is 1.50 bits per heavy atom. The van der Waals surface area contributed by atoms with Crippen molar-refractivity contribution in [2.75, 3.05) is 11.9 Å². The van der Waals surface area contributed by atoms with Crippen molar-refractivity contribution >= 4 is 11.6 Å². The van der Waals surface area contributed by atoms with Crippen LogP contribution in [-0.4, -0.2) is 18.5 Å². The van der Waals surface area contributed by atoms with Crippen LogP contribution in [0.25, 0.3) is 0 Å². The van der Waals surface area contributed by atoms with Gasteiger partial charge in [0, 0.05) is 18.3 Å². The molecule has 1 saturated carbocycles. The summed E-state index contributed by atoms with van der Waals surface area (Å²) in [6, 6.07) is 4.71. The number of carbonyl (C=O) groups excluding carboxylic acids is 1. The highest BCUT2D eigenvalue weighted by molar-refractivity contribution is 5.99. The number of carbonyl (C=O) groups is 1. The van der Waals surface area contributed by atoms with Gasteiger partial charge in [0.05, 0.1) is 5.56 Å². The van der Waals surface area contributed by atoms with Crippen molar-refractivity contribution in [1.82, 2.24) is 5.32 Å². The van der Waals surface area contributed by atoms with Gasteiger partial charge in [0.15, 0.2) is 0 Å². The first-order chi connectivity index (χ1) is 7.70. The lowest BCUT2D eigenvalue weighted by Gasteiger charge is -2.11. The molecular weight excluding hydrogens is 207 g/mol. The minimum atomic E-state index is -0.386. The van der Waals surface area contributed by atoms with Crippen molar-refractivity contribution < 1.29 is 9.18 Å². The minimum absolute atomic E-state index is 0.231. The Morgan fingerprint density at radius 2 is 2.25 bits per heavy atom. The van der Waals surface area contributed by atoms with Crippen LogP contribution in [0.4, 0.5) is 10.1 Å². The summed E-state index contributed by atoms with van der Waals surface area (Å²) in [7, 11) is 0. The number of hydrogen-bond donors (Lipinski definition) is 2. The molecule has 16 heavy (non-hydrogen) atoms. The summed E-state index contributed by atoms with van der Waals surface area (Å²) in [6.07, 6.45) is 2.23. The van der Waals surface area contributed by atoms with E-state index in [4.69, 9.17) is 0 Å². The number of halogens is 1. The Morgan fingerprint density at radius 3 is 2.88 bits per heavy atom. The largest absolute Gasteiger partial charge is 0.382 e. The Bertz CT molecular complexity index is 402. The normalized spacial score (nSPS) is 14.6. The molecule has 1 aromatic rings. The second-order valence-corrected chi connectivity index (χ2v) is 3.97. The maximum Gasteiger partial charge on any atom is 0.253 e. The molecule has 1 aromatic carbocycles. The Hall–Kier alpha value is -1.58. The molecule has 3 nitrogen and oxygen atoms in total.